The molecule has 0 saturated carbocycles. The summed E-state index contributed by atoms with van der Waals surface area (Å²) in [5.41, 5.74) is 17.5. The smallest absolute Gasteiger partial charge is 0.456 e. The van der Waals surface area contributed by atoms with Crippen molar-refractivity contribution in [1.82, 2.24) is 0 Å². The quantitative estimate of drug-likeness (QED) is 0.162. The Hall–Kier alpha value is -10.5. The molecule has 2 N–H and O–H groups in total. The molecule has 0 bridgehead atoms. The third-order valence-electron chi connectivity index (χ3n) is 19.8. The molecule has 22 rings (SSSR count). The molecule has 0 amide bonds. The van der Waals surface area contributed by atoms with E-state index in [0.717, 1.165) is 85.9 Å². The summed E-state index contributed by atoms with van der Waals surface area (Å²) in [4.78, 5) is 0. The largest absolute Gasteiger partial charge is 0.488 e. The van der Waals surface area contributed by atoms with Crippen LogP contribution in [0.1, 0.15) is 0 Å². The Morgan fingerprint density at radius 2 is 0.510 bits per heavy atom. The Balaban J connectivity index is 0.000000128. The topological polar surface area (TPSA) is 79.9 Å². The Bertz CT molecular complexity index is 7140. The molecular formula is C90H51BBr2O5S4. The average Bonchev–Trinajstić information content (AvgIpc) is 1.58. The molecule has 102 heavy (non-hydrogen) atoms. The van der Waals surface area contributed by atoms with E-state index < -0.39 is 7.12 Å². The van der Waals surface area contributed by atoms with Gasteiger partial charge < -0.3 is 23.3 Å². The average molecular weight is 1510 g/mol. The zero-order valence-electron chi connectivity index (χ0n) is 53.9. The molecular weight excluding hydrogens is 1460 g/mol. The van der Waals surface area contributed by atoms with E-state index in [9.17, 15) is 10.0 Å². The monoisotopic (exact) mass is 1510 g/mol. The van der Waals surface area contributed by atoms with Gasteiger partial charge in [-0.25, -0.2) is 0 Å². The zero-order valence-corrected chi connectivity index (χ0v) is 60.3. The summed E-state index contributed by atoms with van der Waals surface area (Å²) in [6, 6.07) is 105. The molecule has 0 fully saturated rings. The lowest BCUT2D eigenvalue weighted by Crippen LogP contribution is -2.29. The molecule has 5 nitrogen and oxygen atoms in total. The van der Waals surface area contributed by atoms with Crippen LogP contribution in [0.2, 0.25) is 0 Å². The maximum atomic E-state index is 9.35. The summed E-state index contributed by atoms with van der Waals surface area (Å²) >= 11 is 14.8. The van der Waals surface area contributed by atoms with Crippen LogP contribution in [0, 0.1) is 0 Å². The first kappa shape index (κ1) is 61.4. The van der Waals surface area contributed by atoms with E-state index in [0.29, 0.717) is 5.46 Å². The Labute approximate surface area is 616 Å². The summed E-state index contributed by atoms with van der Waals surface area (Å²) < 4.78 is 31.5. The first-order chi connectivity index (χ1) is 50.1. The lowest BCUT2D eigenvalue weighted by atomic mass is 9.80. The molecule has 0 aliphatic rings. The number of hydrogen-bond donors (Lipinski definition) is 2. The van der Waals surface area contributed by atoms with Crippen molar-refractivity contribution in [2.75, 3.05) is 0 Å². The van der Waals surface area contributed by atoms with Crippen molar-refractivity contribution in [3.8, 4) is 55.6 Å². The number of thiophene rings is 4. The van der Waals surface area contributed by atoms with E-state index in [1.807, 2.05) is 75.7 Å². The summed E-state index contributed by atoms with van der Waals surface area (Å²) in [5, 5.41) is 35.8. The SMILES string of the molecule is Brc1ccc2sc3c(ccc4sc5ccc(Br)cc5c43)c2c1.OB(O)c1ccc2oc3ccc(-c4ccccc4)cc3c2c1.c1ccc(-c2ccc3oc4ccc(-c5ccc6sc7c(ccc8sc9ccc(-c%10ccc%11oc%12ccc(-c%13ccccc%13)cc%12c%11c%10)cc9c87)c6c5)cc4c3c2)cc1. The maximum absolute atomic E-state index is 9.35. The molecule has 12 heteroatoms. The fraction of sp³-hybridized carbons (Fsp3) is 0. The van der Waals surface area contributed by atoms with Crippen molar-refractivity contribution in [1.29, 1.82) is 0 Å². The lowest BCUT2D eigenvalue weighted by Gasteiger charge is -2.04. The van der Waals surface area contributed by atoms with E-state index in [4.69, 9.17) is 13.3 Å². The van der Waals surface area contributed by atoms with Gasteiger partial charge in [-0.1, -0.05) is 190 Å². The highest BCUT2D eigenvalue weighted by Crippen LogP contribution is 2.49. The number of benzene rings is 15. The summed E-state index contributed by atoms with van der Waals surface area (Å²) in [6.45, 7) is 0. The zero-order chi connectivity index (χ0) is 67.8. The molecule has 0 radical (unpaired) electrons. The second-order valence-electron chi connectivity index (χ2n) is 25.8. The van der Waals surface area contributed by atoms with Crippen molar-refractivity contribution in [2.45, 2.75) is 0 Å². The van der Waals surface area contributed by atoms with Gasteiger partial charge in [-0.15, -0.1) is 45.3 Å². The Morgan fingerprint density at radius 3 is 0.902 bits per heavy atom. The summed E-state index contributed by atoms with van der Waals surface area (Å²) in [5.74, 6) is 0. The highest BCUT2D eigenvalue weighted by molar-refractivity contribution is 9.10. The molecule has 0 spiro atoms. The van der Waals surface area contributed by atoms with Crippen LogP contribution in [0.5, 0.6) is 0 Å². The summed E-state index contributed by atoms with van der Waals surface area (Å²) in [6.07, 6.45) is 0. The third-order valence-corrected chi connectivity index (χ3v) is 25.4. The van der Waals surface area contributed by atoms with Crippen LogP contribution in [-0.4, -0.2) is 17.2 Å². The molecule has 0 atom stereocenters. The van der Waals surface area contributed by atoms with Crippen LogP contribution in [0.15, 0.2) is 319 Å². The van der Waals surface area contributed by atoms with E-state index in [2.05, 4.69) is 281 Å². The van der Waals surface area contributed by atoms with Gasteiger partial charge in [0.25, 0.3) is 0 Å². The lowest BCUT2D eigenvalue weighted by molar-refractivity contribution is 0.426. The Kier molecular flexibility index (Phi) is 14.8. The van der Waals surface area contributed by atoms with Crippen LogP contribution >= 0.6 is 77.2 Å². The van der Waals surface area contributed by atoms with Crippen LogP contribution < -0.4 is 5.46 Å². The van der Waals surface area contributed by atoms with Gasteiger partial charge in [0.2, 0.25) is 0 Å². The number of rotatable bonds is 6. The van der Waals surface area contributed by atoms with Gasteiger partial charge in [-0.2, -0.15) is 0 Å². The van der Waals surface area contributed by atoms with E-state index in [1.165, 1.54) is 125 Å². The van der Waals surface area contributed by atoms with E-state index in [-0.39, 0.29) is 0 Å². The van der Waals surface area contributed by atoms with Crippen LogP contribution in [0.25, 0.3) is 202 Å². The molecule has 15 aromatic carbocycles. The van der Waals surface area contributed by atoms with Crippen molar-refractivity contribution in [3.05, 3.63) is 306 Å². The molecule has 7 aromatic heterocycles. The first-order valence-corrected chi connectivity index (χ1v) is 38.3. The fourth-order valence-corrected chi connectivity index (χ4v) is 20.3. The molecule has 0 aliphatic carbocycles. The van der Waals surface area contributed by atoms with Crippen molar-refractivity contribution < 1.29 is 23.3 Å². The summed E-state index contributed by atoms with van der Waals surface area (Å²) in [7, 11) is -1.48. The normalized spacial score (nSPS) is 11.9. The van der Waals surface area contributed by atoms with Crippen molar-refractivity contribution >= 4 is 236 Å². The second-order valence-corrected chi connectivity index (χ2v) is 31.9. The van der Waals surface area contributed by atoms with Crippen molar-refractivity contribution in [3.63, 3.8) is 0 Å². The predicted molar refractivity (Wildman–Crippen MR) is 445 cm³/mol. The van der Waals surface area contributed by atoms with E-state index >= 15 is 0 Å². The van der Waals surface area contributed by atoms with Crippen LogP contribution in [-0.2, 0) is 0 Å². The molecule has 7 heterocycles. The van der Waals surface area contributed by atoms with Crippen molar-refractivity contribution in [2.24, 2.45) is 0 Å². The number of hydrogen-bond acceptors (Lipinski definition) is 9. The minimum Gasteiger partial charge on any atom is -0.456 e. The maximum Gasteiger partial charge on any atom is 0.488 e. The van der Waals surface area contributed by atoms with Gasteiger partial charge in [-0.05, 0) is 201 Å². The molecule has 0 unspecified atom stereocenters. The first-order valence-electron chi connectivity index (χ1n) is 33.5. The predicted octanol–water partition coefficient (Wildman–Crippen LogP) is 27.8. The fourth-order valence-electron chi connectivity index (χ4n) is 14.8. The number of halogens is 2. The van der Waals surface area contributed by atoms with Gasteiger partial charge in [0.15, 0.2) is 0 Å². The van der Waals surface area contributed by atoms with Crippen LogP contribution in [0.4, 0.5) is 0 Å². The third kappa shape index (κ3) is 10.6. The minimum absolute atomic E-state index is 0.459. The van der Waals surface area contributed by atoms with Gasteiger partial charge in [-0.3, -0.25) is 0 Å². The standard InChI is InChI=1S/C54H30O2S2.C18H13BO3.C18H8Br2S2/c1-3-7-31(8-4-1)33-11-18-46-40(25-33)42-27-35(13-20-48(42)55-46)37-15-22-50-44(29-37)39-17-24-52-53(54(39)58-50)45-30-38(16-23-51(45)57-52)36-14-21-49-43(28-36)41-26-34(12-19-47(41)56-49)32-9-5-2-6-10-32;20-19(21)14-7-9-18-16(11-14)15-10-13(6-8-17(15)22-18)12-4-2-1-3-5-12;19-9-1-4-14-12(7-9)11-3-6-16-17(18(11)22-14)13-8-10(20)2-5-15(13)21-16/h1-30H;1-11,20-21H;1-8H. The Morgan fingerprint density at radius 1 is 0.225 bits per heavy atom. The molecule has 482 valence electrons. The molecule has 0 aliphatic heterocycles. The van der Waals surface area contributed by atoms with Crippen LogP contribution in [0.3, 0.4) is 0 Å². The van der Waals surface area contributed by atoms with Gasteiger partial charge in [0.1, 0.15) is 33.5 Å². The van der Waals surface area contributed by atoms with E-state index in [1.54, 1.807) is 18.2 Å². The van der Waals surface area contributed by atoms with Gasteiger partial charge in [0.05, 0.1) is 0 Å². The minimum atomic E-state index is -1.48. The highest BCUT2D eigenvalue weighted by Gasteiger charge is 2.20. The molecule has 22 aromatic rings. The number of furan rings is 3. The number of fused-ring (bicyclic) bond motifs is 23. The highest BCUT2D eigenvalue weighted by atomic mass is 79.9. The molecule has 0 saturated heterocycles. The second kappa shape index (κ2) is 24.7. The van der Waals surface area contributed by atoms with Gasteiger partial charge in [0, 0.05) is 122 Å². The van der Waals surface area contributed by atoms with Gasteiger partial charge >= 0.3 is 7.12 Å².